The van der Waals surface area contributed by atoms with Crippen molar-refractivity contribution in [1.82, 2.24) is 10.6 Å². The van der Waals surface area contributed by atoms with E-state index < -0.39 is 5.41 Å². The topological polar surface area (TPSA) is 87.7 Å². The Balaban J connectivity index is 1.93. The average Bonchev–Trinajstić information content (AvgIpc) is 2.79. The molecule has 0 aromatic heterocycles. The molecule has 1 aliphatic rings. The van der Waals surface area contributed by atoms with E-state index in [2.05, 4.69) is 16.7 Å². The molecule has 0 radical (unpaired) electrons. The third kappa shape index (κ3) is 5.75. The van der Waals surface area contributed by atoms with Gasteiger partial charge in [0.25, 0.3) is 5.91 Å². The standard InChI is InChI=1S/C26H34N2O4/c1-18(2)27-24(30)21-9-6-8-20(15-21)23-10-5-4-7-22(23)16-26(11-13-32-14-12-26)25(31)28-19(3)17-29/h4-10,15,18-19,29H,11-14,16-17H2,1-3H3,(H,27,30)(H,28,31)/t19-/m0/s1. The van der Waals surface area contributed by atoms with Crippen LogP contribution in [0.5, 0.6) is 0 Å². The summed E-state index contributed by atoms with van der Waals surface area (Å²) < 4.78 is 5.56. The van der Waals surface area contributed by atoms with E-state index in [1.54, 1.807) is 6.92 Å². The first-order valence-electron chi connectivity index (χ1n) is 11.3. The average molecular weight is 439 g/mol. The van der Waals surface area contributed by atoms with Crippen LogP contribution >= 0.6 is 0 Å². The van der Waals surface area contributed by atoms with Crippen molar-refractivity contribution >= 4 is 11.8 Å². The SMILES string of the molecule is CC(C)NC(=O)c1cccc(-c2ccccc2CC2(C(=O)N[C@@H](C)CO)CCOCC2)c1. The highest BCUT2D eigenvalue weighted by molar-refractivity contribution is 5.95. The van der Waals surface area contributed by atoms with E-state index in [9.17, 15) is 14.7 Å². The molecule has 0 spiro atoms. The van der Waals surface area contributed by atoms with Gasteiger partial charge in [0.2, 0.25) is 5.91 Å². The van der Waals surface area contributed by atoms with Gasteiger partial charge in [-0.3, -0.25) is 9.59 Å². The summed E-state index contributed by atoms with van der Waals surface area (Å²) in [5.41, 5.74) is 3.04. The molecule has 3 rings (SSSR count). The summed E-state index contributed by atoms with van der Waals surface area (Å²) in [6.07, 6.45) is 1.82. The molecule has 6 heteroatoms. The molecular formula is C26H34N2O4. The van der Waals surface area contributed by atoms with Crippen LogP contribution in [0, 0.1) is 5.41 Å². The summed E-state index contributed by atoms with van der Waals surface area (Å²) >= 11 is 0. The lowest BCUT2D eigenvalue weighted by atomic mass is 9.73. The van der Waals surface area contributed by atoms with Gasteiger partial charge >= 0.3 is 0 Å². The van der Waals surface area contributed by atoms with Crippen LogP contribution in [-0.4, -0.2) is 48.8 Å². The highest BCUT2D eigenvalue weighted by Gasteiger charge is 2.41. The van der Waals surface area contributed by atoms with Crippen LogP contribution in [0.3, 0.4) is 0 Å². The zero-order valence-corrected chi connectivity index (χ0v) is 19.2. The fraction of sp³-hybridized carbons (Fsp3) is 0.462. The van der Waals surface area contributed by atoms with Crippen molar-refractivity contribution in [2.45, 2.75) is 52.1 Å². The summed E-state index contributed by atoms with van der Waals surface area (Å²) in [5.74, 6) is -0.139. The Labute approximate surface area is 190 Å². The molecule has 1 heterocycles. The summed E-state index contributed by atoms with van der Waals surface area (Å²) in [4.78, 5) is 25.8. The van der Waals surface area contributed by atoms with Crippen molar-refractivity contribution in [1.29, 1.82) is 0 Å². The van der Waals surface area contributed by atoms with Gasteiger partial charge in [-0.05, 0) is 68.9 Å². The van der Waals surface area contributed by atoms with E-state index in [0.29, 0.717) is 38.0 Å². The minimum absolute atomic E-state index is 0.0396. The van der Waals surface area contributed by atoms with E-state index in [4.69, 9.17) is 4.74 Å². The van der Waals surface area contributed by atoms with Gasteiger partial charge in [-0.2, -0.15) is 0 Å². The van der Waals surface area contributed by atoms with Crippen LogP contribution in [0.25, 0.3) is 11.1 Å². The Morgan fingerprint density at radius 3 is 2.44 bits per heavy atom. The van der Waals surface area contributed by atoms with E-state index in [-0.39, 0.29) is 30.5 Å². The molecule has 1 aliphatic heterocycles. The molecule has 1 atom stereocenters. The summed E-state index contributed by atoms with van der Waals surface area (Å²) in [6.45, 7) is 6.65. The molecule has 6 nitrogen and oxygen atoms in total. The Morgan fingerprint density at radius 2 is 1.75 bits per heavy atom. The quantitative estimate of drug-likeness (QED) is 0.590. The number of benzene rings is 2. The van der Waals surface area contributed by atoms with Crippen molar-refractivity contribution in [3.8, 4) is 11.1 Å². The van der Waals surface area contributed by atoms with Gasteiger partial charge < -0.3 is 20.5 Å². The van der Waals surface area contributed by atoms with E-state index in [1.807, 2.05) is 56.3 Å². The molecule has 32 heavy (non-hydrogen) atoms. The molecular weight excluding hydrogens is 404 g/mol. The fourth-order valence-corrected chi connectivity index (χ4v) is 4.16. The van der Waals surface area contributed by atoms with Crippen molar-refractivity contribution in [2.24, 2.45) is 5.41 Å². The lowest BCUT2D eigenvalue weighted by molar-refractivity contribution is -0.137. The first-order chi connectivity index (χ1) is 15.3. The molecule has 172 valence electrons. The van der Waals surface area contributed by atoms with Gasteiger partial charge in [-0.25, -0.2) is 0 Å². The fourth-order valence-electron chi connectivity index (χ4n) is 4.16. The molecule has 2 aromatic rings. The van der Waals surface area contributed by atoms with Crippen molar-refractivity contribution in [2.75, 3.05) is 19.8 Å². The van der Waals surface area contributed by atoms with Gasteiger partial charge in [-0.1, -0.05) is 36.4 Å². The Kier molecular flexibility index (Phi) is 8.04. The second-order valence-corrected chi connectivity index (χ2v) is 8.99. The number of nitrogens with one attached hydrogen (secondary N) is 2. The number of ether oxygens (including phenoxy) is 1. The van der Waals surface area contributed by atoms with Gasteiger partial charge in [0.1, 0.15) is 0 Å². The second kappa shape index (κ2) is 10.7. The Bertz CT molecular complexity index is 935. The van der Waals surface area contributed by atoms with Crippen LogP contribution in [0.4, 0.5) is 0 Å². The maximum atomic E-state index is 13.3. The molecule has 0 saturated carbocycles. The number of carbonyl (C=O) groups excluding carboxylic acids is 2. The summed E-state index contributed by atoms with van der Waals surface area (Å²) in [5, 5.41) is 15.3. The zero-order valence-electron chi connectivity index (χ0n) is 19.2. The van der Waals surface area contributed by atoms with Crippen molar-refractivity contribution in [3.63, 3.8) is 0 Å². The minimum atomic E-state index is -0.593. The molecule has 2 amide bonds. The minimum Gasteiger partial charge on any atom is -0.394 e. The predicted octanol–water partition coefficient (Wildman–Crippen LogP) is 3.33. The maximum absolute atomic E-state index is 13.3. The lowest BCUT2D eigenvalue weighted by Crippen LogP contribution is -2.49. The third-order valence-electron chi connectivity index (χ3n) is 5.98. The van der Waals surface area contributed by atoms with Gasteiger partial charge in [0, 0.05) is 30.9 Å². The van der Waals surface area contributed by atoms with E-state index >= 15 is 0 Å². The smallest absolute Gasteiger partial charge is 0.251 e. The molecule has 3 N–H and O–H groups in total. The third-order valence-corrected chi connectivity index (χ3v) is 5.98. The summed E-state index contributed by atoms with van der Waals surface area (Å²) in [7, 11) is 0. The Hall–Kier alpha value is -2.70. The normalized spacial score (nSPS) is 16.4. The van der Waals surface area contributed by atoms with Crippen LogP contribution in [-0.2, 0) is 16.0 Å². The largest absolute Gasteiger partial charge is 0.394 e. The van der Waals surface area contributed by atoms with Crippen molar-refractivity contribution < 1.29 is 19.4 Å². The molecule has 0 aliphatic carbocycles. The summed E-state index contributed by atoms with van der Waals surface area (Å²) in [6, 6.07) is 15.4. The van der Waals surface area contributed by atoms with Gasteiger partial charge in [-0.15, -0.1) is 0 Å². The van der Waals surface area contributed by atoms with Crippen LogP contribution in [0.2, 0.25) is 0 Å². The molecule has 1 fully saturated rings. The highest BCUT2D eigenvalue weighted by atomic mass is 16.5. The highest BCUT2D eigenvalue weighted by Crippen LogP contribution is 2.38. The van der Waals surface area contributed by atoms with E-state index in [0.717, 1.165) is 16.7 Å². The molecule has 0 bridgehead atoms. The monoisotopic (exact) mass is 438 g/mol. The maximum Gasteiger partial charge on any atom is 0.251 e. The van der Waals surface area contributed by atoms with E-state index in [1.165, 1.54) is 0 Å². The first-order valence-corrected chi connectivity index (χ1v) is 11.3. The number of aliphatic hydroxyl groups excluding tert-OH is 1. The zero-order chi connectivity index (χ0) is 23.1. The molecule has 0 unspecified atom stereocenters. The first kappa shape index (κ1) is 24.0. The van der Waals surface area contributed by atoms with Crippen LogP contribution in [0.1, 0.15) is 49.5 Å². The van der Waals surface area contributed by atoms with Gasteiger partial charge in [0.15, 0.2) is 0 Å². The number of hydrogen-bond donors (Lipinski definition) is 3. The predicted molar refractivity (Wildman–Crippen MR) is 125 cm³/mol. The number of aliphatic hydroxyl groups is 1. The Morgan fingerprint density at radius 1 is 1.03 bits per heavy atom. The number of rotatable bonds is 8. The lowest BCUT2D eigenvalue weighted by Gasteiger charge is -2.37. The second-order valence-electron chi connectivity index (χ2n) is 8.99. The molecule has 1 saturated heterocycles. The number of carbonyl (C=O) groups is 2. The van der Waals surface area contributed by atoms with Gasteiger partial charge in [0.05, 0.1) is 12.0 Å². The number of amides is 2. The van der Waals surface area contributed by atoms with Crippen molar-refractivity contribution in [3.05, 3.63) is 59.7 Å². The molecule has 2 aromatic carbocycles. The van der Waals surface area contributed by atoms with Crippen LogP contribution in [0.15, 0.2) is 48.5 Å². The van der Waals surface area contributed by atoms with Crippen LogP contribution < -0.4 is 10.6 Å². The number of hydrogen-bond acceptors (Lipinski definition) is 4.